The van der Waals surface area contributed by atoms with E-state index >= 15 is 0 Å². The van der Waals surface area contributed by atoms with Crippen molar-refractivity contribution in [1.82, 2.24) is 5.32 Å². The minimum Gasteiger partial charge on any atom is -0.468 e. The van der Waals surface area contributed by atoms with E-state index in [1.165, 1.54) is 7.11 Å². The fourth-order valence-electron chi connectivity index (χ4n) is 2.94. The molecule has 0 radical (unpaired) electrons. The Labute approximate surface area is 120 Å². The van der Waals surface area contributed by atoms with Gasteiger partial charge in [-0.1, -0.05) is 26.7 Å². The first kappa shape index (κ1) is 16.3. The lowest BCUT2D eigenvalue weighted by Crippen LogP contribution is -2.43. The first-order chi connectivity index (χ1) is 8.91. The second-order valence-corrected chi connectivity index (χ2v) is 6.31. The summed E-state index contributed by atoms with van der Waals surface area (Å²) in [6.45, 7) is 4.39. The number of rotatable bonds is 6. The third-order valence-corrected chi connectivity index (χ3v) is 4.07. The lowest BCUT2D eigenvalue weighted by Gasteiger charge is -2.29. The maximum absolute atomic E-state index is 12.4. The molecular formula is C14H24ClNO3. The summed E-state index contributed by atoms with van der Waals surface area (Å²) in [6.07, 6.45) is 4.96. The highest BCUT2D eigenvalue weighted by Crippen LogP contribution is 2.43. The third kappa shape index (κ3) is 4.37. The Morgan fingerprint density at radius 1 is 1.32 bits per heavy atom. The van der Waals surface area contributed by atoms with Crippen LogP contribution in [0.25, 0.3) is 0 Å². The molecule has 0 heterocycles. The molecule has 4 nitrogen and oxygen atoms in total. The van der Waals surface area contributed by atoms with Crippen molar-refractivity contribution in [2.45, 2.75) is 51.3 Å². The van der Waals surface area contributed by atoms with Gasteiger partial charge < -0.3 is 10.1 Å². The van der Waals surface area contributed by atoms with Gasteiger partial charge in [0.05, 0.1) is 7.11 Å². The van der Waals surface area contributed by atoms with Crippen molar-refractivity contribution in [2.75, 3.05) is 13.7 Å². The second-order valence-electron chi connectivity index (χ2n) is 5.79. The number of carbonyl (C=O) groups is 2. The van der Waals surface area contributed by atoms with Crippen molar-refractivity contribution in [2.24, 2.45) is 11.3 Å². The maximum atomic E-state index is 12.4. The third-order valence-electron chi connectivity index (χ3n) is 3.74. The van der Waals surface area contributed by atoms with Crippen molar-refractivity contribution >= 4 is 23.5 Å². The second kappa shape index (κ2) is 7.13. The van der Waals surface area contributed by atoms with Gasteiger partial charge in [-0.25, -0.2) is 0 Å². The number of esters is 1. The number of methoxy groups -OCH3 is 1. The van der Waals surface area contributed by atoms with Gasteiger partial charge in [0.1, 0.15) is 5.38 Å². The Balaban J connectivity index is 2.56. The SMILES string of the molecule is COC(=O)C(Cl)CNC(=O)C1(CC(C)C)CCCC1. The molecule has 110 valence electrons. The molecule has 1 rings (SSSR count). The summed E-state index contributed by atoms with van der Waals surface area (Å²) in [7, 11) is 1.29. The predicted molar refractivity (Wildman–Crippen MR) is 75.0 cm³/mol. The zero-order chi connectivity index (χ0) is 14.5. The Bertz CT molecular complexity index is 325. The summed E-state index contributed by atoms with van der Waals surface area (Å²) < 4.78 is 4.54. The Hall–Kier alpha value is -0.770. The molecule has 0 aliphatic heterocycles. The van der Waals surface area contributed by atoms with Crippen molar-refractivity contribution in [3.05, 3.63) is 0 Å². The first-order valence-corrected chi connectivity index (χ1v) is 7.35. The molecule has 19 heavy (non-hydrogen) atoms. The van der Waals surface area contributed by atoms with Gasteiger partial charge >= 0.3 is 5.97 Å². The smallest absolute Gasteiger partial charge is 0.325 e. The van der Waals surface area contributed by atoms with E-state index in [1.54, 1.807) is 0 Å². The van der Waals surface area contributed by atoms with Crippen LogP contribution in [0.4, 0.5) is 0 Å². The summed E-state index contributed by atoms with van der Waals surface area (Å²) >= 11 is 5.84. The number of nitrogens with one attached hydrogen (secondary N) is 1. The van der Waals surface area contributed by atoms with Crippen LogP contribution in [0.3, 0.4) is 0 Å². The number of ether oxygens (including phenoxy) is 1. The lowest BCUT2D eigenvalue weighted by atomic mass is 9.77. The van der Waals surface area contributed by atoms with Crippen LogP contribution in [0.5, 0.6) is 0 Å². The van der Waals surface area contributed by atoms with Crippen molar-refractivity contribution < 1.29 is 14.3 Å². The van der Waals surface area contributed by atoms with Crippen LogP contribution in [-0.2, 0) is 14.3 Å². The maximum Gasteiger partial charge on any atom is 0.325 e. The van der Waals surface area contributed by atoms with Gasteiger partial charge in [-0.2, -0.15) is 0 Å². The molecular weight excluding hydrogens is 266 g/mol. The molecule has 0 aromatic rings. The Kier molecular flexibility index (Phi) is 6.11. The minimum absolute atomic E-state index is 0.0354. The molecule has 1 saturated carbocycles. The van der Waals surface area contributed by atoms with Gasteiger partial charge in [0, 0.05) is 12.0 Å². The molecule has 1 amide bonds. The molecule has 0 saturated heterocycles. The zero-order valence-corrected chi connectivity index (χ0v) is 12.8. The van der Waals surface area contributed by atoms with E-state index in [-0.39, 0.29) is 17.9 Å². The van der Waals surface area contributed by atoms with Gasteiger partial charge in [0.15, 0.2) is 0 Å². The fraction of sp³-hybridized carbons (Fsp3) is 0.857. The average molecular weight is 290 g/mol. The number of hydrogen-bond donors (Lipinski definition) is 1. The topological polar surface area (TPSA) is 55.4 Å². The fourth-order valence-corrected chi connectivity index (χ4v) is 3.10. The number of halogens is 1. The molecule has 5 heteroatoms. The molecule has 1 aliphatic carbocycles. The van der Waals surface area contributed by atoms with E-state index in [1.807, 2.05) is 0 Å². The van der Waals surface area contributed by atoms with Crippen LogP contribution in [0.15, 0.2) is 0 Å². The van der Waals surface area contributed by atoms with Gasteiger partial charge in [-0.05, 0) is 25.2 Å². The lowest BCUT2D eigenvalue weighted by molar-refractivity contribution is -0.140. The highest BCUT2D eigenvalue weighted by molar-refractivity contribution is 6.30. The molecule has 1 aliphatic rings. The number of amides is 1. The van der Waals surface area contributed by atoms with Gasteiger partial charge in [-0.15, -0.1) is 11.6 Å². The molecule has 0 bridgehead atoms. The van der Waals surface area contributed by atoms with Crippen LogP contribution >= 0.6 is 11.6 Å². The summed E-state index contributed by atoms with van der Waals surface area (Å²) in [4.78, 5) is 23.6. The minimum atomic E-state index is -0.813. The number of carbonyl (C=O) groups excluding carboxylic acids is 2. The highest BCUT2D eigenvalue weighted by atomic mass is 35.5. The van der Waals surface area contributed by atoms with E-state index in [0.29, 0.717) is 5.92 Å². The Morgan fingerprint density at radius 2 is 1.89 bits per heavy atom. The van der Waals surface area contributed by atoms with E-state index in [0.717, 1.165) is 32.1 Å². The van der Waals surface area contributed by atoms with Crippen molar-refractivity contribution in [3.8, 4) is 0 Å². The van der Waals surface area contributed by atoms with Crippen LogP contribution in [0.2, 0.25) is 0 Å². The van der Waals surface area contributed by atoms with E-state index in [9.17, 15) is 9.59 Å². The first-order valence-electron chi connectivity index (χ1n) is 6.91. The summed E-state index contributed by atoms with van der Waals surface area (Å²) in [5, 5.41) is 2.00. The molecule has 0 aromatic carbocycles. The van der Waals surface area contributed by atoms with Gasteiger partial charge in [0.2, 0.25) is 5.91 Å². The van der Waals surface area contributed by atoms with Crippen molar-refractivity contribution in [3.63, 3.8) is 0 Å². The predicted octanol–water partition coefficient (Wildman–Crippen LogP) is 2.49. The molecule has 0 spiro atoms. The molecule has 1 atom stereocenters. The normalized spacial score (nSPS) is 19.2. The Morgan fingerprint density at radius 3 is 2.37 bits per heavy atom. The molecule has 1 fully saturated rings. The molecule has 0 aromatic heterocycles. The van der Waals surface area contributed by atoms with Crippen molar-refractivity contribution in [1.29, 1.82) is 0 Å². The highest BCUT2D eigenvalue weighted by Gasteiger charge is 2.41. The van der Waals surface area contributed by atoms with E-state index in [2.05, 4.69) is 23.9 Å². The monoisotopic (exact) mass is 289 g/mol. The summed E-state index contributed by atoms with van der Waals surface area (Å²) in [5.74, 6) is 0.0100. The van der Waals surface area contributed by atoms with Crippen LogP contribution in [0.1, 0.15) is 46.0 Å². The number of alkyl halides is 1. The van der Waals surface area contributed by atoms with Crippen LogP contribution < -0.4 is 5.32 Å². The van der Waals surface area contributed by atoms with Gasteiger partial charge in [0.25, 0.3) is 0 Å². The summed E-state index contributed by atoms with van der Waals surface area (Å²) in [6, 6.07) is 0. The standard InChI is InChI=1S/C14H24ClNO3/c1-10(2)8-14(6-4-5-7-14)13(18)16-9-11(15)12(17)19-3/h10-11H,4-9H2,1-3H3,(H,16,18). The van der Waals surface area contributed by atoms with E-state index in [4.69, 9.17) is 11.6 Å². The van der Waals surface area contributed by atoms with E-state index < -0.39 is 11.3 Å². The molecule has 1 unspecified atom stereocenters. The number of hydrogen-bond acceptors (Lipinski definition) is 3. The zero-order valence-electron chi connectivity index (χ0n) is 12.0. The summed E-state index contributed by atoms with van der Waals surface area (Å²) in [5.41, 5.74) is -0.263. The largest absolute Gasteiger partial charge is 0.468 e. The van der Waals surface area contributed by atoms with Crippen LogP contribution in [-0.4, -0.2) is 30.9 Å². The average Bonchev–Trinajstić information content (AvgIpc) is 2.83. The quantitative estimate of drug-likeness (QED) is 0.604. The van der Waals surface area contributed by atoms with Gasteiger partial charge in [-0.3, -0.25) is 9.59 Å². The molecule has 1 N–H and O–H groups in total. The van der Waals surface area contributed by atoms with Crippen LogP contribution in [0, 0.1) is 11.3 Å².